The highest BCUT2D eigenvalue weighted by atomic mass is 35.5. The van der Waals surface area contributed by atoms with Crippen molar-refractivity contribution in [2.75, 3.05) is 17.1 Å². The van der Waals surface area contributed by atoms with Crippen LogP contribution in [0.1, 0.15) is 31.2 Å². The second kappa shape index (κ2) is 7.41. The topological polar surface area (TPSA) is 66.5 Å². The van der Waals surface area contributed by atoms with Crippen LogP contribution in [0.4, 0.5) is 18.9 Å². The summed E-state index contributed by atoms with van der Waals surface area (Å²) in [6.45, 7) is -0.589. The van der Waals surface area contributed by atoms with E-state index in [9.17, 15) is 26.4 Å². The first kappa shape index (κ1) is 19.8. The number of rotatable bonds is 5. The average molecular weight is 399 g/mol. The minimum atomic E-state index is -4.73. The molecule has 1 aliphatic rings. The van der Waals surface area contributed by atoms with Crippen molar-refractivity contribution in [1.82, 2.24) is 5.32 Å². The molecular weight excluding hydrogens is 381 g/mol. The van der Waals surface area contributed by atoms with Gasteiger partial charge in [-0.25, -0.2) is 8.42 Å². The van der Waals surface area contributed by atoms with E-state index < -0.39 is 39.2 Å². The van der Waals surface area contributed by atoms with Gasteiger partial charge in [0.05, 0.1) is 22.5 Å². The fourth-order valence-electron chi connectivity index (χ4n) is 2.76. The number of alkyl halides is 3. The first-order chi connectivity index (χ1) is 11.5. The van der Waals surface area contributed by atoms with Crippen molar-refractivity contribution < 1.29 is 26.4 Å². The van der Waals surface area contributed by atoms with Crippen LogP contribution in [0, 0.1) is 0 Å². The lowest BCUT2D eigenvalue weighted by Gasteiger charge is -2.24. The minimum absolute atomic E-state index is 0.0233. The number of amides is 1. The molecule has 0 spiro atoms. The molecule has 2 rings (SSSR count). The summed E-state index contributed by atoms with van der Waals surface area (Å²) in [5.74, 6) is -0.555. The third kappa shape index (κ3) is 5.24. The molecule has 0 heterocycles. The summed E-state index contributed by atoms with van der Waals surface area (Å²) in [5.41, 5.74) is -1.42. The number of nitrogens with zero attached hydrogens (tertiary/aromatic N) is 1. The average Bonchev–Trinajstić information content (AvgIpc) is 2.96. The van der Waals surface area contributed by atoms with Crippen LogP contribution < -0.4 is 9.62 Å². The first-order valence-corrected chi connectivity index (χ1v) is 9.85. The molecule has 1 saturated carbocycles. The van der Waals surface area contributed by atoms with Gasteiger partial charge in [-0.3, -0.25) is 9.10 Å². The summed E-state index contributed by atoms with van der Waals surface area (Å²) < 4.78 is 63.6. The Morgan fingerprint density at radius 1 is 1.32 bits per heavy atom. The lowest BCUT2D eigenvalue weighted by molar-refractivity contribution is -0.137. The monoisotopic (exact) mass is 398 g/mol. The summed E-state index contributed by atoms with van der Waals surface area (Å²) in [6.07, 6.45) is -0.326. The molecular formula is C15H18ClF3N2O3S. The Morgan fingerprint density at radius 2 is 1.92 bits per heavy atom. The molecule has 0 unspecified atom stereocenters. The largest absolute Gasteiger partial charge is 0.417 e. The standard InChI is InChI=1S/C15H18ClF3N2O3S/c1-25(23,24)21(9-14(22)20-10-4-2-3-5-10)11-6-7-13(16)12(8-11)15(17,18)19/h6-8,10H,2-5,9H2,1H3,(H,20,22). The summed E-state index contributed by atoms with van der Waals surface area (Å²) in [4.78, 5) is 12.1. The smallest absolute Gasteiger partial charge is 0.352 e. The molecule has 0 radical (unpaired) electrons. The van der Waals surface area contributed by atoms with Crippen molar-refractivity contribution in [3.05, 3.63) is 28.8 Å². The van der Waals surface area contributed by atoms with Crippen LogP contribution in [-0.4, -0.2) is 33.2 Å². The van der Waals surface area contributed by atoms with Crippen molar-refractivity contribution in [3.8, 4) is 0 Å². The van der Waals surface area contributed by atoms with Gasteiger partial charge in [-0.05, 0) is 31.0 Å². The maximum atomic E-state index is 13.0. The van der Waals surface area contributed by atoms with Gasteiger partial charge in [0.1, 0.15) is 6.54 Å². The number of anilines is 1. The summed E-state index contributed by atoms with van der Waals surface area (Å²) in [5, 5.41) is 2.17. The third-order valence-electron chi connectivity index (χ3n) is 3.95. The third-order valence-corrected chi connectivity index (χ3v) is 5.42. The maximum Gasteiger partial charge on any atom is 0.417 e. The van der Waals surface area contributed by atoms with Crippen molar-refractivity contribution in [1.29, 1.82) is 0 Å². The number of benzene rings is 1. The van der Waals surface area contributed by atoms with Gasteiger partial charge in [0, 0.05) is 6.04 Å². The van der Waals surface area contributed by atoms with Crippen LogP contribution in [0.15, 0.2) is 18.2 Å². The van der Waals surface area contributed by atoms with Gasteiger partial charge in [0.15, 0.2) is 0 Å². The minimum Gasteiger partial charge on any atom is -0.352 e. The van der Waals surface area contributed by atoms with E-state index in [0.717, 1.165) is 44.1 Å². The van der Waals surface area contributed by atoms with Gasteiger partial charge in [0.25, 0.3) is 0 Å². The van der Waals surface area contributed by atoms with E-state index >= 15 is 0 Å². The molecule has 140 valence electrons. The molecule has 0 bridgehead atoms. The number of hydrogen-bond acceptors (Lipinski definition) is 3. The molecule has 0 atom stereocenters. The fourth-order valence-corrected chi connectivity index (χ4v) is 3.83. The van der Waals surface area contributed by atoms with Crippen molar-refractivity contribution in [2.45, 2.75) is 37.9 Å². The molecule has 5 nitrogen and oxygen atoms in total. The highest BCUT2D eigenvalue weighted by molar-refractivity contribution is 7.92. The Balaban J connectivity index is 2.27. The molecule has 1 aromatic carbocycles. The first-order valence-electron chi connectivity index (χ1n) is 7.62. The fraction of sp³-hybridized carbons (Fsp3) is 0.533. The van der Waals surface area contributed by atoms with E-state index in [2.05, 4.69) is 5.32 Å². The molecule has 1 aliphatic carbocycles. The Morgan fingerprint density at radius 3 is 2.44 bits per heavy atom. The van der Waals surface area contributed by atoms with Crippen LogP contribution in [0.3, 0.4) is 0 Å². The van der Waals surface area contributed by atoms with E-state index in [1.54, 1.807) is 0 Å². The van der Waals surface area contributed by atoms with E-state index in [-0.39, 0.29) is 11.7 Å². The zero-order valence-corrected chi connectivity index (χ0v) is 15.0. The Hall–Kier alpha value is -1.48. The van der Waals surface area contributed by atoms with Crippen LogP contribution in [0.2, 0.25) is 5.02 Å². The zero-order valence-electron chi connectivity index (χ0n) is 13.4. The molecule has 1 amide bonds. The van der Waals surface area contributed by atoms with Gasteiger partial charge in [-0.15, -0.1) is 0 Å². The Labute approximate surface area is 149 Å². The summed E-state index contributed by atoms with van der Waals surface area (Å²) >= 11 is 5.55. The molecule has 1 fully saturated rings. The van der Waals surface area contributed by atoms with E-state index in [1.165, 1.54) is 0 Å². The van der Waals surface area contributed by atoms with Gasteiger partial charge in [-0.1, -0.05) is 24.4 Å². The molecule has 0 aliphatic heterocycles. The number of halogens is 4. The van der Waals surface area contributed by atoms with Crippen molar-refractivity contribution >= 4 is 33.2 Å². The lowest BCUT2D eigenvalue weighted by atomic mass is 10.2. The number of sulfonamides is 1. The van der Waals surface area contributed by atoms with Crippen LogP contribution in [0.5, 0.6) is 0 Å². The van der Waals surface area contributed by atoms with Gasteiger partial charge < -0.3 is 5.32 Å². The van der Waals surface area contributed by atoms with Gasteiger partial charge in [0.2, 0.25) is 15.9 Å². The molecule has 25 heavy (non-hydrogen) atoms. The second-order valence-electron chi connectivity index (χ2n) is 5.98. The number of hydrogen-bond donors (Lipinski definition) is 1. The molecule has 1 N–H and O–H groups in total. The second-order valence-corrected chi connectivity index (χ2v) is 8.29. The molecule has 0 saturated heterocycles. The zero-order chi connectivity index (χ0) is 18.8. The Bertz CT molecular complexity index is 747. The normalized spacial score (nSPS) is 16.0. The van der Waals surface area contributed by atoms with Crippen molar-refractivity contribution in [3.63, 3.8) is 0 Å². The SMILES string of the molecule is CS(=O)(=O)N(CC(=O)NC1CCCC1)c1ccc(Cl)c(C(F)(F)F)c1. The number of carbonyl (C=O) groups is 1. The van der Waals surface area contributed by atoms with E-state index in [4.69, 9.17) is 11.6 Å². The van der Waals surface area contributed by atoms with Crippen LogP contribution in [-0.2, 0) is 21.0 Å². The highest BCUT2D eigenvalue weighted by Crippen LogP contribution is 2.37. The van der Waals surface area contributed by atoms with Crippen molar-refractivity contribution in [2.24, 2.45) is 0 Å². The van der Waals surface area contributed by atoms with E-state index in [1.807, 2.05) is 0 Å². The van der Waals surface area contributed by atoms with Crippen LogP contribution in [0.25, 0.3) is 0 Å². The molecule has 10 heteroatoms. The van der Waals surface area contributed by atoms with Gasteiger partial charge in [-0.2, -0.15) is 13.2 Å². The predicted molar refractivity (Wildman–Crippen MR) is 89.0 cm³/mol. The molecule has 1 aromatic rings. The van der Waals surface area contributed by atoms with Gasteiger partial charge >= 0.3 is 6.18 Å². The Kier molecular flexibility index (Phi) is 5.88. The molecule has 0 aromatic heterocycles. The summed E-state index contributed by atoms with van der Waals surface area (Å²) in [6, 6.07) is 2.71. The quantitative estimate of drug-likeness (QED) is 0.828. The summed E-state index contributed by atoms with van der Waals surface area (Å²) in [7, 11) is -3.96. The predicted octanol–water partition coefficient (Wildman–Crippen LogP) is 3.18. The lowest BCUT2D eigenvalue weighted by Crippen LogP contribution is -2.43. The number of nitrogens with one attached hydrogen (secondary N) is 1. The number of carbonyl (C=O) groups excluding carboxylic acids is 1. The van der Waals surface area contributed by atoms with E-state index in [0.29, 0.717) is 10.4 Å². The highest BCUT2D eigenvalue weighted by Gasteiger charge is 2.34. The van der Waals surface area contributed by atoms with Crippen LogP contribution >= 0.6 is 11.6 Å². The maximum absolute atomic E-state index is 13.0.